The van der Waals surface area contributed by atoms with Crippen molar-refractivity contribution in [3.63, 3.8) is 0 Å². The minimum absolute atomic E-state index is 0.120. The number of rotatable bonds is 5. The number of aryl methyl sites for hydroxylation is 1. The Morgan fingerprint density at radius 3 is 2.48 bits per heavy atom. The molecule has 0 atom stereocenters. The lowest BCUT2D eigenvalue weighted by Crippen LogP contribution is -2.12. The summed E-state index contributed by atoms with van der Waals surface area (Å²) in [7, 11) is -3.63. The van der Waals surface area contributed by atoms with Crippen molar-refractivity contribution >= 4 is 31.8 Å². The molecule has 0 aliphatic carbocycles. The van der Waals surface area contributed by atoms with Crippen LogP contribution in [0.25, 0.3) is 0 Å². The lowest BCUT2D eigenvalue weighted by Gasteiger charge is -2.07. The van der Waals surface area contributed by atoms with Crippen LogP contribution in [0.5, 0.6) is 0 Å². The molecule has 112 valence electrons. The number of hydrogen-bond acceptors (Lipinski definition) is 5. The first-order chi connectivity index (χ1) is 9.84. The number of aromatic nitrogens is 2. The highest BCUT2D eigenvalue weighted by molar-refractivity contribution is 9.10. The Morgan fingerprint density at radius 1 is 1.24 bits per heavy atom. The number of sulfonamides is 1. The van der Waals surface area contributed by atoms with Crippen LogP contribution < -0.4 is 10.5 Å². The van der Waals surface area contributed by atoms with E-state index in [0.29, 0.717) is 12.4 Å². The highest BCUT2D eigenvalue weighted by Crippen LogP contribution is 2.13. The van der Waals surface area contributed by atoms with Crippen molar-refractivity contribution in [2.75, 3.05) is 11.9 Å². The Kier molecular flexibility index (Phi) is 4.92. The second-order valence-electron chi connectivity index (χ2n) is 4.49. The van der Waals surface area contributed by atoms with Crippen molar-refractivity contribution in [2.24, 2.45) is 5.14 Å². The molecule has 0 aliphatic heterocycles. The molecule has 0 aliphatic rings. The third kappa shape index (κ3) is 4.76. The molecule has 0 amide bonds. The van der Waals surface area contributed by atoms with E-state index in [-0.39, 0.29) is 4.90 Å². The van der Waals surface area contributed by atoms with Crippen molar-refractivity contribution in [3.8, 4) is 0 Å². The molecule has 0 saturated heterocycles. The van der Waals surface area contributed by atoms with Gasteiger partial charge in [-0.15, -0.1) is 0 Å². The van der Waals surface area contributed by atoms with E-state index in [1.54, 1.807) is 18.2 Å². The van der Waals surface area contributed by atoms with Crippen LogP contribution in [0, 0.1) is 6.92 Å². The van der Waals surface area contributed by atoms with Crippen LogP contribution in [-0.4, -0.2) is 24.9 Å². The Morgan fingerprint density at radius 2 is 1.90 bits per heavy atom. The normalized spacial score (nSPS) is 11.4. The van der Waals surface area contributed by atoms with Crippen LogP contribution >= 0.6 is 15.9 Å². The van der Waals surface area contributed by atoms with Gasteiger partial charge in [0.25, 0.3) is 0 Å². The van der Waals surface area contributed by atoms with E-state index in [1.165, 1.54) is 12.1 Å². The molecule has 2 rings (SSSR count). The predicted molar refractivity (Wildman–Crippen MR) is 84.5 cm³/mol. The summed E-state index contributed by atoms with van der Waals surface area (Å²) in [6.45, 7) is 2.50. The molecule has 0 bridgehead atoms. The Hall–Kier alpha value is -1.51. The minimum atomic E-state index is -3.63. The van der Waals surface area contributed by atoms with E-state index >= 15 is 0 Å². The number of anilines is 1. The molecule has 6 nitrogen and oxygen atoms in total. The number of halogens is 1. The molecule has 21 heavy (non-hydrogen) atoms. The third-order valence-corrected chi connectivity index (χ3v) is 4.11. The molecule has 3 N–H and O–H groups in total. The van der Waals surface area contributed by atoms with Gasteiger partial charge in [0.05, 0.1) is 4.90 Å². The summed E-state index contributed by atoms with van der Waals surface area (Å²) in [5, 5.41) is 8.25. The number of benzene rings is 1. The number of nitrogens with two attached hydrogens (primary N) is 1. The summed E-state index contributed by atoms with van der Waals surface area (Å²) in [5.41, 5.74) is 1.01. The van der Waals surface area contributed by atoms with Gasteiger partial charge in [0.1, 0.15) is 16.2 Å². The molecule has 1 aromatic carbocycles. The fraction of sp³-hybridized carbons (Fsp3) is 0.231. The first-order valence-electron chi connectivity index (χ1n) is 6.21. The Labute approximate surface area is 132 Å². The molecule has 8 heteroatoms. The molecular formula is C13H15BrN4O2S. The largest absolute Gasteiger partial charge is 0.370 e. The van der Waals surface area contributed by atoms with E-state index in [1.807, 2.05) is 6.92 Å². The summed E-state index contributed by atoms with van der Waals surface area (Å²) in [5.74, 6) is 1.43. The van der Waals surface area contributed by atoms with Gasteiger partial charge in [0.15, 0.2) is 0 Å². The van der Waals surface area contributed by atoms with Crippen LogP contribution in [0.3, 0.4) is 0 Å². The molecule has 1 aromatic heterocycles. The monoisotopic (exact) mass is 370 g/mol. The molecular weight excluding hydrogens is 356 g/mol. The summed E-state index contributed by atoms with van der Waals surface area (Å²) in [6.07, 6.45) is 0.742. The van der Waals surface area contributed by atoms with Gasteiger partial charge in [-0.3, -0.25) is 0 Å². The van der Waals surface area contributed by atoms with Gasteiger partial charge in [-0.25, -0.2) is 23.5 Å². The van der Waals surface area contributed by atoms with Crippen molar-refractivity contribution in [1.82, 2.24) is 9.97 Å². The average Bonchev–Trinajstić information content (AvgIpc) is 2.37. The van der Waals surface area contributed by atoms with Gasteiger partial charge in [-0.2, -0.15) is 0 Å². The van der Waals surface area contributed by atoms with E-state index in [9.17, 15) is 8.42 Å². The maximum absolute atomic E-state index is 11.2. The quantitative estimate of drug-likeness (QED) is 0.782. The maximum atomic E-state index is 11.2. The van der Waals surface area contributed by atoms with Gasteiger partial charge in [0, 0.05) is 12.6 Å². The topological polar surface area (TPSA) is 98.0 Å². The number of nitrogens with one attached hydrogen (secondary N) is 1. The molecule has 0 radical (unpaired) electrons. The highest BCUT2D eigenvalue weighted by atomic mass is 79.9. The zero-order chi connectivity index (χ0) is 15.5. The maximum Gasteiger partial charge on any atom is 0.238 e. The Bertz CT molecular complexity index is 712. The average molecular weight is 371 g/mol. The number of nitrogens with zero attached hydrogens (tertiary/aromatic N) is 2. The SMILES string of the molecule is Cc1nc(Br)cc(NCCc2ccc(S(N)(=O)=O)cc2)n1. The summed E-state index contributed by atoms with van der Waals surface area (Å²) in [4.78, 5) is 8.51. The van der Waals surface area contributed by atoms with Crippen LogP contribution in [0.15, 0.2) is 39.8 Å². The predicted octanol–water partition coefficient (Wildman–Crippen LogP) is 1.85. The van der Waals surface area contributed by atoms with E-state index in [4.69, 9.17) is 5.14 Å². The molecule has 0 saturated carbocycles. The van der Waals surface area contributed by atoms with Crippen molar-refractivity contribution < 1.29 is 8.42 Å². The van der Waals surface area contributed by atoms with E-state index in [0.717, 1.165) is 22.4 Å². The van der Waals surface area contributed by atoms with E-state index < -0.39 is 10.0 Å². The zero-order valence-electron chi connectivity index (χ0n) is 11.4. The zero-order valence-corrected chi connectivity index (χ0v) is 13.8. The van der Waals surface area contributed by atoms with Crippen LogP contribution in [0.2, 0.25) is 0 Å². The van der Waals surface area contributed by atoms with Gasteiger partial charge < -0.3 is 5.32 Å². The summed E-state index contributed by atoms with van der Waals surface area (Å²) in [6, 6.07) is 8.33. The molecule has 1 heterocycles. The molecule has 0 fully saturated rings. The second kappa shape index (κ2) is 6.50. The summed E-state index contributed by atoms with van der Waals surface area (Å²) < 4.78 is 23.0. The first-order valence-corrected chi connectivity index (χ1v) is 8.55. The number of hydrogen-bond donors (Lipinski definition) is 2. The third-order valence-electron chi connectivity index (χ3n) is 2.78. The fourth-order valence-electron chi connectivity index (χ4n) is 1.80. The van der Waals surface area contributed by atoms with Crippen molar-refractivity contribution in [1.29, 1.82) is 0 Å². The highest BCUT2D eigenvalue weighted by Gasteiger charge is 2.06. The molecule has 0 unspecified atom stereocenters. The Balaban J connectivity index is 1.94. The molecule has 2 aromatic rings. The lowest BCUT2D eigenvalue weighted by molar-refractivity contribution is 0.598. The smallest absolute Gasteiger partial charge is 0.238 e. The molecule has 0 spiro atoms. The first kappa shape index (κ1) is 15.9. The van der Waals surface area contributed by atoms with Crippen LogP contribution in [0.4, 0.5) is 5.82 Å². The van der Waals surface area contributed by atoms with Crippen molar-refractivity contribution in [2.45, 2.75) is 18.2 Å². The van der Waals surface area contributed by atoms with Crippen molar-refractivity contribution in [3.05, 3.63) is 46.3 Å². The number of primary sulfonamides is 1. The lowest BCUT2D eigenvalue weighted by atomic mass is 10.1. The van der Waals surface area contributed by atoms with Gasteiger partial charge >= 0.3 is 0 Å². The van der Waals surface area contributed by atoms with Gasteiger partial charge in [-0.05, 0) is 47.0 Å². The standard InChI is InChI=1S/C13H15BrN4O2S/c1-9-17-12(14)8-13(18-9)16-7-6-10-2-4-11(5-3-10)21(15,19)20/h2-5,8H,6-7H2,1H3,(H2,15,19,20)(H,16,17,18). The van der Waals surface area contributed by atoms with Crippen LogP contribution in [0.1, 0.15) is 11.4 Å². The van der Waals surface area contributed by atoms with Gasteiger partial charge in [0.2, 0.25) is 10.0 Å². The van der Waals surface area contributed by atoms with Crippen LogP contribution in [-0.2, 0) is 16.4 Å². The van der Waals surface area contributed by atoms with E-state index in [2.05, 4.69) is 31.2 Å². The van der Waals surface area contributed by atoms with Gasteiger partial charge in [-0.1, -0.05) is 12.1 Å². The summed E-state index contributed by atoms with van der Waals surface area (Å²) >= 11 is 3.32. The fourth-order valence-corrected chi connectivity index (χ4v) is 2.79. The minimum Gasteiger partial charge on any atom is -0.370 e. The second-order valence-corrected chi connectivity index (χ2v) is 6.86.